The van der Waals surface area contributed by atoms with Crippen LogP contribution in [0.3, 0.4) is 0 Å². The molecule has 0 aromatic carbocycles. The Morgan fingerprint density at radius 1 is 1.53 bits per heavy atom. The zero-order valence-electron chi connectivity index (χ0n) is 11.8. The van der Waals surface area contributed by atoms with Crippen LogP contribution < -0.4 is 11.1 Å². The van der Waals surface area contributed by atoms with Gasteiger partial charge in [-0.25, -0.2) is 0 Å². The number of carbonyl (C=O) groups excluding carboxylic acids is 1. The van der Waals surface area contributed by atoms with Gasteiger partial charge in [-0.3, -0.25) is 4.79 Å². The Balaban J connectivity index is 2.59. The molecule has 0 spiro atoms. The molecule has 0 bridgehead atoms. The molecular formula is C13H25N3O2S. The monoisotopic (exact) mass is 287 g/mol. The van der Waals surface area contributed by atoms with Crippen LogP contribution in [-0.2, 0) is 4.79 Å². The number of nitrogens with zero attached hydrogens (tertiary/aromatic N) is 1. The number of hydrogen-bond donors (Lipinski definition) is 3. The van der Waals surface area contributed by atoms with E-state index in [0.29, 0.717) is 12.8 Å². The molecule has 0 aromatic heterocycles. The predicted molar refractivity (Wildman–Crippen MR) is 79.5 cm³/mol. The molecule has 0 saturated heterocycles. The van der Waals surface area contributed by atoms with Crippen molar-refractivity contribution < 1.29 is 10.0 Å². The van der Waals surface area contributed by atoms with E-state index in [0.717, 1.165) is 30.8 Å². The highest BCUT2D eigenvalue weighted by molar-refractivity contribution is 7.99. The van der Waals surface area contributed by atoms with Crippen LogP contribution in [0, 0.1) is 5.41 Å². The van der Waals surface area contributed by atoms with E-state index in [1.54, 1.807) is 0 Å². The minimum atomic E-state index is -0.791. The van der Waals surface area contributed by atoms with E-state index < -0.39 is 5.41 Å². The average molecular weight is 287 g/mol. The number of amides is 1. The number of oxime groups is 1. The van der Waals surface area contributed by atoms with E-state index in [4.69, 9.17) is 10.9 Å². The highest BCUT2D eigenvalue weighted by Gasteiger charge is 2.45. The van der Waals surface area contributed by atoms with Crippen LogP contribution in [0.15, 0.2) is 5.16 Å². The minimum absolute atomic E-state index is 0.0534. The zero-order valence-corrected chi connectivity index (χ0v) is 12.6. The average Bonchev–Trinajstić information content (AvgIpc) is 2.88. The lowest BCUT2D eigenvalue weighted by molar-refractivity contribution is -0.128. The number of thioether (sulfide) groups is 1. The molecule has 1 aliphatic rings. The second-order valence-electron chi connectivity index (χ2n) is 5.13. The SMILES string of the molecule is CCSCCC(C)NC(=O)C1(C(N)=NO)CCCC1. The van der Waals surface area contributed by atoms with Gasteiger partial charge >= 0.3 is 0 Å². The second kappa shape index (κ2) is 7.62. The summed E-state index contributed by atoms with van der Waals surface area (Å²) in [6, 6.07) is 0.121. The van der Waals surface area contributed by atoms with Crippen molar-refractivity contribution in [3.8, 4) is 0 Å². The fourth-order valence-corrected chi connectivity index (χ4v) is 3.32. The molecule has 0 radical (unpaired) electrons. The summed E-state index contributed by atoms with van der Waals surface area (Å²) in [5, 5.41) is 15.0. The van der Waals surface area contributed by atoms with E-state index in [1.807, 2.05) is 18.7 Å². The summed E-state index contributed by atoms with van der Waals surface area (Å²) in [5.74, 6) is 2.09. The van der Waals surface area contributed by atoms with Crippen LogP contribution in [0.5, 0.6) is 0 Å². The van der Waals surface area contributed by atoms with Crippen molar-refractivity contribution in [2.75, 3.05) is 11.5 Å². The third kappa shape index (κ3) is 4.03. The van der Waals surface area contributed by atoms with Crippen LogP contribution in [-0.4, -0.2) is 34.5 Å². The lowest BCUT2D eigenvalue weighted by Crippen LogP contribution is -2.50. The number of hydrogen-bond acceptors (Lipinski definition) is 4. The Labute approximate surface area is 119 Å². The van der Waals surface area contributed by atoms with Gasteiger partial charge in [0.1, 0.15) is 5.41 Å². The normalized spacial score (nSPS) is 20.2. The Morgan fingerprint density at radius 3 is 2.68 bits per heavy atom. The fraction of sp³-hybridized carbons (Fsp3) is 0.846. The van der Waals surface area contributed by atoms with Crippen LogP contribution in [0.1, 0.15) is 46.0 Å². The molecule has 5 nitrogen and oxygen atoms in total. The maximum Gasteiger partial charge on any atom is 0.234 e. The topological polar surface area (TPSA) is 87.7 Å². The lowest BCUT2D eigenvalue weighted by Gasteiger charge is -2.28. The van der Waals surface area contributed by atoms with Gasteiger partial charge in [0.15, 0.2) is 5.84 Å². The van der Waals surface area contributed by atoms with Crippen molar-refractivity contribution in [2.24, 2.45) is 16.3 Å². The number of nitrogens with two attached hydrogens (primary N) is 1. The zero-order chi connectivity index (χ0) is 14.3. The van der Waals surface area contributed by atoms with Crippen molar-refractivity contribution in [3.63, 3.8) is 0 Å². The summed E-state index contributed by atoms with van der Waals surface area (Å²) >= 11 is 1.87. The molecule has 1 fully saturated rings. The first kappa shape index (κ1) is 16.1. The van der Waals surface area contributed by atoms with Gasteiger partial charge in [-0.1, -0.05) is 24.9 Å². The highest BCUT2D eigenvalue weighted by Crippen LogP contribution is 2.38. The molecule has 1 rings (SSSR count). The first-order valence-electron chi connectivity index (χ1n) is 6.93. The van der Waals surface area contributed by atoms with Gasteiger partial charge in [-0.2, -0.15) is 11.8 Å². The van der Waals surface area contributed by atoms with Gasteiger partial charge in [-0.15, -0.1) is 0 Å². The summed E-state index contributed by atoms with van der Waals surface area (Å²) in [6.07, 6.45) is 4.18. The third-order valence-corrected chi connectivity index (χ3v) is 4.70. The Kier molecular flexibility index (Phi) is 6.48. The van der Waals surface area contributed by atoms with Crippen LogP contribution >= 0.6 is 11.8 Å². The lowest BCUT2D eigenvalue weighted by atomic mass is 9.83. The molecule has 110 valence electrons. The van der Waals surface area contributed by atoms with Crippen molar-refractivity contribution in [2.45, 2.75) is 52.0 Å². The second-order valence-corrected chi connectivity index (χ2v) is 6.53. The number of amidine groups is 1. The van der Waals surface area contributed by atoms with E-state index in [2.05, 4.69) is 17.4 Å². The molecule has 0 heterocycles. The van der Waals surface area contributed by atoms with Crippen molar-refractivity contribution in [1.29, 1.82) is 0 Å². The maximum absolute atomic E-state index is 12.4. The van der Waals surface area contributed by atoms with Crippen LogP contribution in [0.25, 0.3) is 0 Å². The molecule has 6 heteroatoms. The standard InChI is InChI=1S/C13H25N3O2S/c1-3-19-9-6-10(2)15-12(17)13(11(14)16-18)7-4-5-8-13/h10,18H,3-9H2,1-2H3,(H2,14,16)(H,15,17). The van der Waals surface area contributed by atoms with Gasteiger partial charge in [0.05, 0.1) is 0 Å². The molecule has 1 amide bonds. The number of rotatable bonds is 7. The molecular weight excluding hydrogens is 262 g/mol. The quantitative estimate of drug-likeness (QED) is 0.219. The number of carbonyl (C=O) groups is 1. The first-order chi connectivity index (χ1) is 9.06. The van der Waals surface area contributed by atoms with Gasteiger partial charge in [-0.05, 0) is 37.7 Å². The molecule has 0 aromatic rings. The van der Waals surface area contributed by atoms with Gasteiger partial charge in [0.25, 0.3) is 0 Å². The van der Waals surface area contributed by atoms with Gasteiger partial charge < -0.3 is 16.3 Å². The van der Waals surface area contributed by atoms with Crippen LogP contribution in [0.4, 0.5) is 0 Å². The Bertz CT molecular complexity index is 328. The highest BCUT2D eigenvalue weighted by atomic mass is 32.2. The van der Waals surface area contributed by atoms with E-state index in [-0.39, 0.29) is 17.8 Å². The fourth-order valence-electron chi connectivity index (χ4n) is 2.51. The predicted octanol–water partition coefficient (Wildman–Crippen LogP) is 1.94. The molecule has 4 N–H and O–H groups in total. The summed E-state index contributed by atoms with van der Waals surface area (Å²) in [4.78, 5) is 12.4. The van der Waals surface area contributed by atoms with Crippen molar-refractivity contribution >= 4 is 23.5 Å². The summed E-state index contributed by atoms with van der Waals surface area (Å²) < 4.78 is 0. The molecule has 1 atom stereocenters. The molecule has 0 aliphatic heterocycles. The maximum atomic E-state index is 12.4. The Hall–Kier alpha value is -0.910. The molecule has 1 aliphatic carbocycles. The van der Waals surface area contributed by atoms with Crippen molar-refractivity contribution in [1.82, 2.24) is 5.32 Å². The van der Waals surface area contributed by atoms with E-state index in [9.17, 15) is 4.79 Å². The van der Waals surface area contributed by atoms with Crippen molar-refractivity contribution in [3.05, 3.63) is 0 Å². The first-order valence-corrected chi connectivity index (χ1v) is 8.09. The third-order valence-electron chi connectivity index (χ3n) is 3.77. The molecule has 1 unspecified atom stereocenters. The molecule has 1 saturated carbocycles. The smallest absolute Gasteiger partial charge is 0.234 e. The van der Waals surface area contributed by atoms with Gasteiger partial charge in [0, 0.05) is 6.04 Å². The summed E-state index contributed by atoms with van der Waals surface area (Å²) in [5.41, 5.74) is 4.96. The van der Waals surface area contributed by atoms with Gasteiger partial charge in [0.2, 0.25) is 5.91 Å². The summed E-state index contributed by atoms with van der Waals surface area (Å²) in [6.45, 7) is 4.13. The summed E-state index contributed by atoms with van der Waals surface area (Å²) in [7, 11) is 0. The van der Waals surface area contributed by atoms with E-state index in [1.165, 1.54) is 0 Å². The minimum Gasteiger partial charge on any atom is -0.409 e. The number of nitrogens with one attached hydrogen (secondary N) is 1. The largest absolute Gasteiger partial charge is 0.409 e. The molecule has 19 heavy (non-hydrogen) atoms. The Morgan fingerprint density at radius 2 is 2.16 bits per heavy atom. The van der Waals surface area contributed by atoms with Crippen LogP contribution in [0.2, 0.25) is 0 Å². The van der Waals surface area contributed by atoms with E-state index >= 15 is 0 Å².